The van der Waals surface area contributed by atoms with Crippen molar-refractivity contribution < 1.29 is 4.79 Å². The Hall–Kier alpha value is -1.81. The predicted octanol–water partition coefficient (Wildman–Crippen LogP) is 3.59. The number of anilines is 1. The number of rotatable bonds is 4. The largest absolute Gasteiger partial charge is 0.320 e. The third-order valence-corrected chi connectivity index (χ3v) is 3.59. The van der Waals surface area contributed by atoms with Gasteiger partial charge < -0.3 is 5.32 Å². The summed E-state index contributed by atoms with van der Waals surface area (Å²) in [5.74, 6) is -0.173. The van der Waals surface area contributed by atoms with Crippen LogP contribution in [0.1, 0.15) is 35.1 Å². The van der Waals surface area contributed by atoms with Crippen LogP contribution in [-0.2, 0) is 13.5 Å². The van der Waals surface area contributed by atoms with Crippen molar-refractivity contribution in [3.05, 3.63) is 46.2 Å². The Bertz CT molecular complexity index is 634. The van der Waals surface area contributed by atoms with E-state index in [0.29, 0.717) is 10.7 Å². The molecular formula is C15H18ClN3O. The highest BCUT2D eigenvalue weighted by Gasteiger charge is 2.14. The van der Waals surface area contributed by atoms with E-state index in [1.807, 2.05) is 25.1 Å². The lowest BCUT2D eigenvalue weighted by Gasteiger charge is -2.09. The van der Waals surface area contributed by atoms with Crippen LogP contribution in [0.3, 0.4) is 0 Å². The summed E-state index contributed by atoms with van der Waals surface area (Å²) in [6.07, 6.45) is 1.88. The van der Waals surface area contributed by atoms with Crippen LogP contribution in [0.5, 0.6) is 0 Å². The Morgan fingerprint density at radius 3 is 2.90 bits per heavy atom. The average molecular weight is 292 g/mol. The molecule has 0 unspecified atom stereocenters. The molecule has 1 amide bonds. The fourth-order valence-electron chi connectivity index (χ4n) is 2.05. The van der Waals surface area contributed by atoms with Crippen LogP contribution in [0.4, 0.5) is 5.69 Å². The number of hydrogen-bond acceptors (Lipinski definition) is 2. The summed E-state index contributed by atoms with van der Waals surface area (Å²) < 4.78 is 1.61. The molecule has 0 spiro atoms. The van der Waals surface area contributed by atoms with Crippen molar-refractivity contribution >= 4 is 23.2 Å². The fourth-order valence-corrected chi connectivity index (χ4v) is 2.22. The van der Waals surface area contributed by atoms with Gasteiger partial charge in [0.15, 0.2) is 0 Å². The van der Waals surface area contributed by atoms with Gasteiger partial charge in [-0.2, -0.15) is 5.10 Å². The van der Waals surface area contributed by atoms with Gasteiger partial charge in [-0.25, -0.2) is 0 Å². The van der Waals surface area contributed by atoms with Gasteiger partial charge in [0.25, 0.3) is 5.91 Å². The maximum absolute atomic E-state index is 12.3. The van der Waals surface area contributed by atoms with Gasteiger partial charge in [-0.3, -0.25) is 9.48 Å². The molecule has 4 nitrogen and oxygen atoms in total. The minimum Gasteiger partial charge on any atom is -0.320 e. The van der Waals surface area contributed by atoms with Crippen LogP contribution in [0.2, 0.25) is 5.02 Å². The first-order chi connectivity index (χ1) is 9.52. The van der Waals surface area contributed by atoms with Crippen molar-refractivity contribution in [2.75, 3.05) is 5.32 Å². The van der Waals surface area contributed by atoms with E-state index in [4.69, 9.17) is 11.6 Å². The monoisotopic (exact) mass is 291 g/mol. The molecule has 0 aliphatic heterocycles. The first-order valence-electron chi connectivity index (χ1n) is 6.62. The van der Waals surface area contributed by atoms with E-state index in [1.54, 1.807) is 17.8 Å². The molecule has 1 heterocycles. The highest BCUT2D eigenvalue weighted by atomic mass is 35.5. The Balaban J connectivity index is 2.22. The molecule has 0 bridgehead atoms. The van der Waals surface area contributed by atoms with Crippen molar-refractivity contribution in [1.29, 1.82) is 0 Å². The molecule has 0 saturated heterocycles. The van der Waals surface area contributed by atoms with E-state index >= 15 is 0 Å². The fraction of sp³-hybridized carbons (Fsp3) is 0.333. The van der Waals surface area contributed by atoms with Crippen LogP contribution in [0.15, 0.2) is 24.3 Å². The van der Waals surface area contributed by atoms with Crippen LogP contribution < -0.4 is 5.32 Å². The molecule has 0 fully saturated rings. The van der Waals surface area contributed by atoms with Crippen molar-refractivity contribution in [2.45, 2.75) is 26.7 Å². The molecule has 1 aromatic carbocycles. The van der Waals surface area contributed by atoms with Gasteiger partial charge in [-0.15, -0.1) is 0 Å². The van der Waals surface area contributed by atoms with Crippen molar-refractivity contribution in [2.24, 2.45) is 7.05 Å². The third kappa shape index (κ3) is 3.02. The molecule has 0 saturated carbocycles. The minimum absolute atomic E-state index is 0.173. The summed E-state index contributed by atoms with van der Waals surface area (Å²) in [7, 11) is 1.78. The summed E-state index contributed by atoms with van der Waals surface area (Å²) in [4.78, 5) is 12.3. The maximum atomic E-state index is 12.3. The van der Waals surface area contributed by atoms with E-state index in [2.05, 4.69) is 17.3 Å². The molecule has 1 N–H and O–H groups in total. The lowest BCUT2D eigenvalue weighted by atomic mass is 10.2. The van der Waals surface area contributed by atoms with Crippen molar-refractivity contribution in [3.63, 3.8) is 0 Å². The lowest BCUT2D eigenvalue weighted by molar-refractivity contribution is 0.101. The molecule has 1 aromatic heterocycles. The standard InChI is InChI=1S/C15H18ClN3O/c1-4-6-11-9-14(19(3)18-11)15(20)17-13-8-5-7-12(16)10(13)2/h5,7-9H,4,6H2,1-3H3,(H,17,20). The maximum Gasteiger partial charge on any atom is 0.273 e. The van der Waals surface area contributed by atoms with Gasteiger partial charge in [-0.05, 0) is 37.1 Å². The van der Waals surface area contributed by atoms with Crippen molar-refractivity contribution in [1.82, 2.24) is 9.78 Å². The van der Waals surface area contributed by atoms with E-state index in [0.717, 1.165) is 29.8 Å². The molecule has 20 heavy (non-hydrogen) atoms. The highest BCUT2D eigenvalue weighted by Crippen LogP contribution is 2.23. The second kappa shape index (κ2) is 6.09. The zero-order valence-corrected chi connectivity index (χ0v) is 12.7. The molecule has 0 aliphatic carbocycles. The Morgan fingerprint density at radius 1 is 1.45 bits per heavy atom. The van der Waals surface area contributed by atoms with E-state index in [9.17, 15) is 4.79 Å². The summed E-state index contributed by atoms with van der Waals surface area (Å²) in [5.41, 5.74) is 3.06. The van der Waals surface area contributed by atoms with Crippen molar-refractivity contribution in [3.8, 4) is 0 Å². The SMILES string of the molecule is CCCc1cc(C(=O)Nc2cccc(Cl)c2C)n(C)n1. The number of nitrogens with zero attached hydrogens (tertiary/aromatic N) is 2. The number of aryl methyl sites for hydroxylation is 2. The number of hydrogen-bond donors (Lipinski definition) is 1. The highest BCUT2D eigenvalue weighted by molar-refractivity contribution is 6.31. The molecule has 0 aliphatic rings. The number of carbonyl (C=O) groups excluding carboxylic acids is 1. The summed E-state index contributed by atoms with van der Waals surface area (Å²) >= 11 is 6.05. The first-order valence-corrected chi connectivity index (χ1v) is 7.00. The second-order valence-electron chi connectivity index (χ2n) is 4.76. The van der Waals surface area contributed by atoms with Gasteiger partial charge in [-0.1, -0.05) is 31.0 Å². The number of carbonyl (C=O) groups is 1. The first kappa shape index (κ1) is 14.6. The quantitative estimate of drug-likeness (QED) is 0.936. The molecular weight excluding hydrogens is 274 g/mol. The number of benzene rings is 1. The minimum atomic E-state index is -0.173. The predicted molar refractivity (Wildman–Crippen MR) is 81.3 cm³/mol. The average Bonchev–Trinajstić information content (AvgIpc) is 2.76. The van der Waals surface area contributed by atoms with Crippen LogP contribution in [0, 0.1) is 6.92 Å². The molecule has 106 valence electrons. The Morgan fingerprint density at radius 2 is 2.20 bits per heavy atom. The van der Waals surface area contributed by atoms with Gasteiger partial charge in [0.1, 0.15) is 5.69 Å². The zero-order chi connectivity index (χ0) is 14.7. The molecule has 5 heteroatoms. The van der Waals surface area contributed by atoms with Crippen LogP contribution in [-0.4, -0.2) is 15.7 Å². The van der Waals surface area contributed by atoms with E-state index in [1.165, 1.54) is 0 Å². The van der Waals surface area contributed by atoms with E-state index in [-0.39, 0.29) is 5.91 Å². The molecule has 0 atom stereocenters. The van der Waals surface area contributed by atoms with Gasteiger partial charge >= 0.3 is 0 Å². The van der Waals surface area contributed by atoms with Gasteiger partial charge in [0, 0.05) is 17.8 Å². The number of aromatic nitrogens is 2. The molecule has 2 rings (SSSR count). The van der Waals surface area contributed by atoms with E-state index < -0.39 is 0 Å². The third-order valence-electron chi connectivity index (χ3n) is 3.19. The topological polar surface area (TPSA) is 46.9 Å². The molecule has 0 radical (unpaired) electrons. The van der Waals surface area contributed by atoms with Crippen LogP contribution >= 0.6 is 11.6 Å². The lowest BCUT2D eigenvalue weighted by Crippen LogP contribution is -2.16. The normalized spacial score (nSPS) is 10.6. The van der Waals surface area contributed by atoms with Gasteiger partial charge in [0.05, 0.1) is 5.69 Å². The summed E-state index contributed by atoms with van der Waals surface area (Å²) in [5, 5.41) is 7.85. The molecule has 2 aromatic rings. The van der Waals surface area contributed by atoms with Crippen LogP contribution in [0.25, 0.3) is 0 Å². The Labute approximate surface area is 123 Å². The number of amides is 1. The summed E-state index contributed by atoms with van der Waals surface area (Å²) in [6, 6.07) is 7.29. The number of halogens is 1. The summed E-state index contributed by atoms with van der Waals surface area (Å²) in [6.45, 7) is 3.97. The Kier molecular flexibility index (Phi) is 4.45. The smallest absolute Gasteiger partial charge is 0.273 e. The zero-order valence-electron chi connectivity index (χ0n) is 11.9. The second-order valence-corrected chi connectivity index (χ2v) is 5.17. The number of nitrogens with one attached hydrogen (secondary N) is 1. The van der Waals surface area contributed by atoms with Gasteiger partial charge in [0.2, 0.25) is 0 Å².